The van der Waals surface area contributed by atoms with E-state index >= 15 is 0 Å². The van der Waals surface area contributed by atoms with Crippen molar-refractivity contribution in [2.45, 2.75) is 13.5 Å². The van der Waals surface area contributed by atoms with Crippen LogP contribution in [-0.2, 0) is 18.4 Å². The number of carbonyl (C=O) groups is 1. The fourth-order valence-corrected chi connectivity index (χ4v) is 2.75. The van der Waals surface area contributed by atoms with Crippen molar-refractivity contribution in [2.75, 3.05) is 5.32 Å². The third-order valence-electron chi connectivity index (χ3n) is 3.83. The Morgan fingerprint density at radius 1 is 1.17 bits per heavy atom. The highest BCUT2D eigenvalue weighted by Crippen LogP contribution is 2.20. The number of benzene rings is 2. The molecule has 0 spiro atoms. The molecule has 3 aromatic rings. The number of nitrogens with zero attached hydrogens (tertiary/aromatic N) is 2. The lowest BCUT2D eigenvalue weighted by Crippen LogP contribution is -2.28. The van der Waals surface area contributed by atoms with Crippen molar-refractivity contribution >= 4 is 34.2 Å². The molecule has 1 heterocycles. The van der Waals surface area contributed by atoms with Crippen LogP contribution in [0.4, 0.5) is 5.69 Å². The number of anilines is 1. The molecule has 6 heteroatoms. The van der Waals surface area contributed by atoms with Crippen LogP contribution in [0.15, 0.2) is 47.3 Å². The molecule has 0 unspecified atom stereocenters. The van der Waals surface area contributed by atoms with Crippen LogP contribution in [0.25, 0.3) is 11.0 Å². The van der Waals surface area contributed by atoms with Crippen molar-refractivity contribution in [3.8, 4) is 0 Å². The van der Waals surface area contributed by atoms with Gasteiger partial charge in [0.25, 0.3) is 0 Å². The third-order valence-corrected chi connectivity index (χ3v) is 4.06. The SMILES string of the molecule is Cc1ccc(Cl)cc1NC(=O)Cn1c(=O)n(C)c2ccccc21. The highest BCUT2D eigenvalue weighted by atomic mass is 35.5. The maximum atomic E-state index is 12.3. The number of nitrogens with one attached hydrogen (secondary N) is 1. The maximum absolute atomic E-state index is 12.3. The zero-order valence-corrected chi connectivity index (χ0v) is 13.6. The summed E-state index contributed by atoms with van der Waals surface area (Å²) in [4.78, 5) is 24.6. The average Bonchev–Trinajstić information content (AvgIpc) is 2.76. The Balaban J connectivity index is 1.91. The summed E-state index contributed by atoms with van der Waals surface area (Å²) < 4.78 is 3.00. The molecule has 1 aromatic heterocycles. The number of carbonyl (C=O) groups excluding carboxylic acids is 1. The van der Waals surface area contributed by atoms with E-state index in [9.17, 15) is 9.59 Å². The van der Waals surface area contributed by atoms with E-state index < -0.39 is 0 Å². The number of fused-ring (bicyclic) bond motifs is 1. The third kappa shape index (κ3) is 2.87. The first kappa shape index (κ1) is 15.4. The lowest BCUT2D eigenvalue weighted by molar-refractivity contribution is -0.116. The molecule has 0 aliphatic rings. The van der Waals surface area contributed by atoms with Crippen LogP contribution >= 0.6 is 11.6 Å². The molecule has 0 saturated carbocycles. The fraction of sp³-hybridized carbons (Fsp3) is 0.176. The number of hydrogen-bond acceptors (Lipinski definition) is 2. The maximum Gasteiger partial charge on any atom is 0.329 e. The summed E-state index contributed by atoms with van der Waals surface area (Å²) in [6.45, 7) is 1.84. The molecule has 0 radical (unpaired) electrons. The standard InChI is InChI=1S/C17H16ClN3O2/c1-11-7-8-12(18)9-13(11)19-16(22)10-21-15-6-4-3-5-14(15)20(2)17(21)23/h3-9H,10H2,1-2H3,(H,19,22). The van der Waals surface area contributed by atoms with Gasteiger partial charge in [0.15, 0.2) is 0 Å². The molecule has 1 N–H and O–H groups in total. The number of para-hydroxylation sites is 2. The summed E-state index contributed by atoms with van der Waals surface area (Å²) in [5.41, 5.74) is 2.87. The van der Waals surface area contributed by atoms with Crippen LogP contribution in [0.2, 0.25) is 5.02 Å². The van der Waals surface area contributed by atoms with E-state index in [1.807, 2.05) is 37.3 Å². The predicted octanol–water partition coefficient (Wildman–Crippen LogP) is 2.94. The monoisotopic (exact) mass is 329 g/mol. The van der Waals surface area contributed by atoms with Crippen LogP contribution in [-0.4, -0.2) is 15.0 Å². The summed E-state index contributed by atoms with van der Waals surface area (Å²) in [5.74, 6) is -0.270. The lowest BCUT2D eigenvalue weighted by atomic mass is 10.2. The predicted molar refractivity (Wildman–Crippen MR) is 92.0 cm³/mol. The van der Waals surface area contributed by atoms with Crippen molar-refractivity contribution < 1.29 is 4.79 Å². The van der Waals surface area contributed by atoms with Gasteiger partial charge < -0.3 is 5.32 Å². The fourth-order valence-electron chi connectivity index (χ4n) is 2.58. The lowest BCUT2D eigenvalue weighted by Gasteiger charge is -2.09. The molecule has 0 saturated heterocycles. The van der Waals surface area contributed by atoms with Gasteiger partial charge in [-0.05, 0) is 36.8 Å². The summed E-state index contributed by atoms with van der Waals surface area (Å²) >= 11 is 5.96. The second kappa shape index (κ2) is 5.93. The van der Waals surface area contributed by atoms with Crippen LogP contribution < -0.4 is 11.0 Å². The van der Waals surface area contributed by atoms with E-state index in [1.165, 1.54) is 9.13 Å². The van der Waals surface area contributed by atoms with Gasteiger partial charge in [0.1, 0.15) is 6.54 Å². The largest absolute Gasteiger partial charge is 0.329 e. The van der Waals surface area contributed by atoms with E-state index in [2.05, 4.69) is 5.32 Å². The van der Waals surface area contributed by atoms with Gasteiger partial charge in [-0.3, -0.25) is 13.9 Å². The minimum atomic E-state index is -0.270. The second-order valence-corrected chi connectivity index (χ2v) is 5.86. The number of halogens is 1. The van der Waals surface area contributed by atoms with Crippen LogP contribution in [0.1, 0.15) is 5.56 Å². The Morgan fingerprint density at radius 2 is 1.87 bits per heavy atom. The molecule has 2 aromatic carbocycles. The summed E-state index contributed by atoms with van der Waals surface area (Å²) in [6, 6.07) is 12.7. The normalized spacial score (nSPS) is 10.9. The van der Waals surface area contributed by atoms with Crippen LogP contribution in [0.5, 0.6) is 0 Å². The highest BCUT2D eigenvalue weighted by molar-refractivity contribution is 6.31. The summed E-state index contributed by atoms with van der Waals surface area (Å²) in [5, 5.41) is 3.36. The Morgan fingerprint density at radius 3 is 2.61 bits per heavy atom. The van der Waals surface area contributed by atoms with Gasteiger partial charge in [-0.25, -0.2) is 4.79 Å². The van der Waals surface area contributed by atoms with Crippen LogP contribution in [0, 0.1) is 6.92 Å². The quantitative estimate of drug-likeness (QED) is 0.803. The van der Waals surface area contributed by atoms with Gasteiger partial charge in [-0.1, -0.05) is 29.8 Å². The van der Waals surface area contributed by atoms with E-state index in [0.29, 0.717) is 10.7 Å². The molecule has 1 amide bonds. The molecule has 0 fully saturated rings. The zero-order chi connectivity index (χ0) is 16.6. The number of imidazole rings is 1. The second-order valence-electron chi connectivity index (χ2n) is 5.42. The number of hydrogen-bond donors (Lipinski definition) is 1. The van der Waals surface area contributed by atoms with E-state index in [4.69, 9.17) is 11.6 Å². The highest BCUT2D eigenvalue weighted by Gasteiger charge is 2.13. The van der Waals surface area contributed by atoms with Gasteiger partial charge in [0.2, 0.25) is 5.91 Å². The molecular formula is C17H16ClN3O2. The van der Waals surface area contributed by atoms with E-state index in [0.717, 1.165) is 16.6 Å². The first-order valence-corrected chi connectivity index (χ1v) is 7.55. The number of amides is 1. The Bertz CT molecular complexity index is 956. The molecule has 23 heavy (non-hydrogen) atoms. The van der Waals surface area contributed by atoms with E-state index in [-0.39, 0.29) is 18.1 Å². The molecule has 0 bridgehead atoms. The molecule has 3 rings (SSSR count). The Labute approximate surface area is 138 Å². The van der Waals surface area contributed by atoms with Gasteiger partial charge in [-0.15, -0.1) is 0 Å². The molecule has 0 aliphatic carbocycles. The summed E-state index contributed by atoms with van der Waals surface area (Å²) in [6.07, 6.45) is 0. The zero-order valence-electron chi connectivity index (χ0n) is 12.8. The Kier molecular flexibility index (Phi) is 3.96. The van der Waals surface area contributed by atoms with Crippen LogP contribution in [0.3, 0.4) is 0 Å². The first-order valence-electron chi connectivity index (χ1n) is 7.17. The van der Waals surface area contributed by atoms with Crippen molar-refractivity contribution in [1.82, 2.24) is 9.13 Å². The van der Waals surface area contributed by atoms with Crippen molar-refractivity contribution in [3.05, 3.63) is 63.5 Å². The number of aryl methyl sites for hydroxylation is 2. The van der Waals surface area contributed by atoms with Gasteiger partial charge in [0, 0.05) is 17.8 Å². The molecule has 5 nitrogen and oxygen atoms in total. The Hall–Kier alpha value is -2.53. The van der Waals surface area contributed by atoms with Gasteiger partial charge in [0.05, 0.1) is 11.0 Å². The first-order chi connectivity index (χ1) is 11.0. The molecule has 0 atom stereocenters. The topological polar surface area (TPSA) is 56.0 Å². The van der Waals surface area contributed by atoms with Crippen molar-refractivity contribution in [3.63, 3.8) is 0 Å². The van der Waals surface area contributed by atoms with E-state index in [1.54, 1.807) is 19.2 Å². The van der Waals surface area contributed by atoms with Gasteiger partial charge in [-0.2, -0.15) is 0 Å². The van der Waals surface area contributed by atoms with Gasteiger partial charge >= 0.3 is 5.69 Å². The summed E-state index contributed by atoms with van der Waals surface area (Å²) in [7, 11) is 1.69. The smallest absolute Gasteiger partial charge is 0.324 e. The molecule has 0 aliphatic heterocycles. The minimum Gasteiger partial charge on any atom is -0.324 e. The number of aromatic nitrogens is 2. The number of rotatable bonds is 3. The minimum absolute atomic E-state index is 0.0495. The average molecular weight is 330 g/mol. The van der Waals surface area contributed by atoms with Crippen molar-refractivity contribution in [1.29, 1.82) is 0 Å². The molecule has 118 valence electrons. The van der Waals surface area contributed by atoms with Crippen molar-refractivity contribution in [2.24, 2.45) is 7.05 Å². The molecular weight excluding hydrogens is 314 g/mol.